The number of aryl methyl sites for hydroxylation is 1. The summed E-state index contributed by atoms with van der Waals surface area (Å²) >= 11 is 0. The van der Waals surface area contributed by atoms with Crippen LogP contribution in [0, 0.1) is 0 Å². The third-order valence-corrected chi connectivity index (χ3v) is 6.76. The fourth-order valence-corrected chi connectivity index (χ4v) is 4.84. The molecule has 1 heterocycles. The Kier molecular flexibility index (Phi) is 7.35. The van der Waals surface area contributed by atoms with Crippen LogP contribution in [0.1, 0.15) is 47.8 Å². The van der Waals surface area contributed by atoms with Gasteiger partial charge in [0.15, 0.2) is 0 Å². The van der Waals surface area contributed by atoms with Gasteiger partial charge in [-0.2, -0.15) is 5.10 Å². The molecule has 0 radical (unpaired) electrons. The lowest BCUT2D eigenvalue weighted by Crippen LogP contribution is -2.31. The number of ether oxygens (including phenoxy) is 1. The predicted octanol–water partition coefficient (Wildman–Crippen LogP) is 5.90. The molecule has 4 rings (SSSR count). The van der Waals surface area contributed by atoms with E-state index >= 15 is 0 Å². The van der Waals surface area contributed by atoms with Gasteiger partial charge in [-0.3, -0.25) is 4.79 Å². The summed E-state index contributed by atoms with van der Waals surface area (Å²) in [5, 5.41) is 4.22. The molecule has 5 nitrogen and oxygen atoms in total. The zero-order chi connectivity index (χ0) is 24.8. The lowest BCUT2D eigenvalue weighted by Gasteiger charge is -2.30. The molecule has 3 aromatic rings. The van der Waals surface area contributed by atoms with Gasteiger partial charge in [-0.25, -0.2) is 5.43 Å². The highest BCUT2D eigenvalue weighted by Crippen LogP contribution is 2.50. The molecule has 1 aliphatic rings. The van der Waals surface area contributed by atoms with Crippen LogP contribution in [0.25, 0.3) is 0 Å². The molecule has 1 amide bonds. The van der Waals surface area contributed by atoms with Gasteiger partial charge in [0.2, 0.25) is 0 Å². The van der Waals surface area contributed by atoms with Crippen LogP contribution >= 0.6 is 0 Å². The minimum Gasteiger partial charge on any atom is -0.497 e. The van der Waals surface area contributed by atoms with Gasteiger partial charge in [-0.1, -0.05) is 49.4 Å². The first-order valence-electron chi connectivity index (χ1n) is 12.1. The number of amides is 1. The van der Waals surface area contributed by atoms with E-state index in [2.05, 4.69) is 72.6 Å². The van der Waals surface area contributed by atoms with Crippen LogP contribution in [0.4, 0.5) is 5.69 Å². The number of carbonyl (C=O) groups excluding carboxylic acids is 1. The first-order chi connectivity index (χ1) is 17.0. The number of methoxy groups -OCH3 is 1. The SMILES string of the molecule is CCc1ccc(CC2(C)/C(=C/C=N/NC(=O)c3ccccc3)N(CC)c3ccc(OC)cc32)cc1. The second-order valence-corrected chi connectivity index (χ2v) is 8.94. The molecule has 0 saturated carbocycles. The number of nitrogens with zero attached hydrogens (tertiary/aromatic N) is 2. The van der Waals surface area contributed by atoms with Crippen molar-refractivity contribution in [3.63, 3.8) is 0 Å². The van der Waals surface area contributed by atoms with E-state index in [0.717, 1.165) is 30.8 Å². The molecular formula is C30H33N3O2. The molecule has 0 spiro atoms. The monoisotopic (exact) mass is 467 g/mol. The molecule has 1 N–H and O–H groups in total. The van der Waals surface area contributed by atoms with Gasteiger partial charge in [-0.15, -0.1) is 0 Å². The maximum atomic E-state index is 12.4. The number of fused-ring (bicyclic) bond motifs is 1. The van der Waals surface area contributed by atoms with Crippen molar-refractivity contribution in [2.24, 2.45) is 5.10 Å². The van der Waals surface area contributed by atoms with E-state index in [1.54, 1.807) is 25.5 Å². The first-order valence-corrected chi connectivity index (χ1v) is 12.1. The van der Waals surface area contributed by atoms with Crippen molar-refractivity contribution in [3.8, 4) is 5.75 Å². The summed E-state index contributed by atoms with van der Waals surface area (Å²) in [5.74, 6) is 0.614. The summed E-state index contributed by atoms with van der Waals surface area (Å²) in [4.78, 5) is 14.7. The van der Waals surface area contributed by atoms with E-state index in [-0.39, 0.29) is 11.3 Å². The van der Waals surface area contributed by atoms with Crippen LogP contribution < -0.4 is 15.1 Å². The Labute approximate surface area is 208 Å². The highest BCUT2D eigenvalue weighted by Gasteiger charge is 2.43. The minimum absolute atomic E-state index is 0.231. The van der Waals surface area contributed by atoms with E-state index in [9.17, 15) is 4.79 Å². The lowest BCUT2D eigenvalue weighted by atomic mass is 9.76. The number of rotatable bonds is 8. The number of anilines is 1. The second kappa shape index (κ2) is 10.6. The Morgan fingerprint density at radius 3 is 2.40 bits per heavy atom. The summed E-state index contributed by atoms with van der Waals surface area (Å²) in [6, 6.07) is 24.2. The van der Waals surface area contributed by atoms with Gasteiger partial charge >= 0.3 is 0 Å². The third-order valence-electron chi connectivity index (χ3n) is 6.76. The van der Waals surface area contributed by atoms with Gasteiger partial charge < -0.3 is 9.64 Å². The van der Waals surface area contributed by atoms with Gasteiger partial charge in [0.25, 0.3) is 5.91 Å². The van der Waals surface area contributed by atoms with Crippen LogP contribution in [0.2, 0.25) is 0 Å². The summed E-state index contributed by atoms with van der Waals surface area (Å²) in [6.07, 6.45) is 5.56. The molecule has 1 atom stereocenters. The number of hydrazone groups is 1. The molecule has 0 aromatic heterocycles. The average Bonchev–Trinajstić information content (AvgIpc) is 3.13. The van der Waals surface area contributed by atoms with Crippen molar-refractivity contribution in [1.82, 2.24) is 5.43 Å². The number of hydrogen-bond acceptors (Lipinski definition) is 4. The van der Waals surface area contributed by atoms with Crippen molar-refractivity contribution in [3.05, 3.63) is 107 Å². The molecule has 1 unspecified atom stereocenters. The highest BCUT2D eigenvalue weighted by molar-refractivity contribution is 5.94. The highest BCUT2D eigenvalue weighted by atomic mass is 16.5. The second-order valence-electron chi connectivity index (χ2n) is 8.94. The minimum atomic E-state index is -0.289. The van der Waals surface area contributed by atoms with Crippen molar-refractivity contribution in [2.75, 3.05) is 18.6 Å². The maximum Gasteiger partial charge on any atom is 0.271 e. The molecule has 180 valence electrons. The fourth-order valence-electron chi connectivity index (χ4n) is 4.84. The zero-order valence-corrected chi connectivity index (χ0v) is 20.9. The molecule has 35 heavy (non-hydrogen) atoms. The van der Waals surface area contributed by atoms with Crippen molar-refractivity contribution < 1.29 is 9.53 Å². The van der Waals surface area contributed by atoms with E-state index in [1.807, 2.05) is 30.3 Å². The molecule has 1 aliphatic heterocycles. The van der Waals surface area contributed by atoms with Crippen LogP contribution in [0.5, 0.6) is 5.75 Å². The zero-order valence-electron chi connectivity index (χ0n) is 20.9. The van der Waals surface area contributed by atoms with E-state index in [0.29, 0.717) is 5.56 Å². The number of nitrogens with one attached hydrogen (secondary N) is 1. The van der Waals surface area contributed by atoms with Gasteiger partial charge in [0.1, 0.15) is 5.75 Å². The van der Waals surface area contributed by atoms with Crippen molar-refractivity contribution >= 4 is 17.8 Å². The molecule has 0 bridgehead atoms. The fraction of sp³-hybridized carbons (Fsp3) is 0.267. The Morgan fingerprint density at radius 2 is 1.74 bits per heavy atom. The Morgan fingerprint density at radius 1 is 1.03 bits per heavy atom. The Hall–Kier alpha value is -3.86. The number of likely N-dealkylation sites (N-methyl/N-ethyl adjacent to an activating group) is 1. The molecule has 0 aliphatic carbocycles. The van der Waals surface area contributed by atoms with Crippen molar-refractivity contribution in [1.29, 1.82) is 0 Å². The maximum absolute atomic E-state index is 12.4. The van der Waals surface area contributed by atoms with Crippen molar-refractivity contribution in [2.45, 2.75) is 39.0 Å². The Balaban J connectivity index is 1.68. The Bertz CT molecular complexity index is 1230. The number of carbonyl (C=O) groups is 1. The standard InChI is InChI=1S/C30H33N3O2/c1-5-22-12-14-23(15-13-22)21-30(3)26-20-25(35-4)16-17-27(26)33(6-2)28(30)18-19-31-32-29(34)24-10-8-7-9-11-24/h7-20H,5-6,21H2,1-4H3,(H,32,34)/b28-18-,31-19+. The number of hydrogen-bond donors (Lipinski definition) is 1. The van der Waals surface area contributed by atoms with Crippen LogP contribution in [0.3, 0.4) is 0 Å². The topological polar surface area (TPSA) is 53.9 Å². The largest absolute Gasteiger partial charge is 0.497 e. The predicted molar refractivity (Wildman–Crippen MR) is 143 cm³/mol. The number of benzene rings is 3. The number of allylic oxidation sites excluding steroid dienone is 2. The van der Waals surface area contributed by atoms with E-state index in [4.69, 9.17) is 4.74 Å². The van der Waals surface area contributed by atoms with Gasteiger partial charge in [0, 0.05) is 35.1 Å². The normalized spacial score (nSPS) is 18.2. The van der Waals surface area contributed by atoms with E-state index in [1.165, 1.54) is 22.4 Å². The first kappa shape index (κ1) is 24.3. The van der Waals surface area contributed by atoms with Crippen LogP contribution in [0.15, 0.2) is 89.7 Å². The van der Waals surface area contributed by atoms with Gasteiger partial charge in [0.05, 0.1) is 7.11 Å². The molecular weight excluding hydrogens is 434 g/mol. The molecule has 3 aromatic carbocycles. The molecule has 0 fully saturated rings. The van der Waals surface area contributed by atoms with Gasteiger partial charge in [-0.05, 0) is 79.8 Å². The molecule has 5 heteroatoms. The lowest BCUT2D eigenvalue weighted by molar-refractivity contribution is 0.0955. The van der Waals surface area contributed by atoms with E-state index < -0.39 is 0 Å². The summed E-state index contributed by atoms with van der Waals surface area (Å²) in [7, 11) is 1.70. The summed E-state index contributed by atoms with van der Waals surface area (Å²) in [5.41, 5.74) is 9.07. The quantitative estimate of drug-likeness (QED) is 0.332. The third kappa shape index (κ3) is 4.99. The average molecular weight is 468 g/mol. The summed E-state index contributed by atoms with van der Waals surface area (Å²) < 4.78 is 5.57. The van der Waals surface area contributed by atoms with Crippen LogP contribution in [-0.4, -0.2) is 25.8 Å². The smallest absolute Gasteiger partial charge is 0.271 e. The van der Waals surface area contributed by atoms with Crippen LogP contribution in [-0.2, 0) is 18.3 Å². The summed E-state index contributed by atoms with van der Waals surface area (Å²) in [6.45, 7) is 7.42. The molecule has 0 saturated heterocycles.